The SMILES string of the molecule is O=C(NC1CC1)c1cccc(OC[C@@H]2CCCN(C(=O)CC3CCCCC3)C2)c1. The molecule has 5 heteroatoms. The van der Waals surface area contributed by atoms with E-state index >= 15 is 0 Å². The van der Waals surface area contributed by atoms with Crippen molar-refractivity contribution in [2.24, 2.45) is 11.8 Å². The fraction of sp³-hybridized carbons (Fsp3) is 0.667. The van der Waals surface area contributed by atoms with Crippen molar-refractivity contribution in [3.05, 3.63) is 29.8 Å². The van der Waals surface area contributed by atoms with Gasteiger partial charge in [0.05, 0.1) is 6.61 Å². The lowest BCUT2D eigenvalue weighted by Crippen LogP contribution is -2.42. The van der Waals surface area contributed by atoms with Gasteiger partial charge in [-0.25, -0.2) is 0 Å². The number of amides is 2. The van der Waals surface area contributed by atoms with Crippen molar-refractivity contribution < 1.29 is 14.3 Å². The number of benzene rings is 1. The van der Waals surface area contributed by atoms with Crippen LogP contribution in [0.1, 0.15) is 74.6 Å². The van der Waals surface area contributed by atoms with Gasteiger partial charge in [-0.15, -0.1) is 0 Å². The van der Waals surface area contributed by atoms with E-state index in [9.17, 15) is 9.59 Å². The first-order valence-electron chi connectivity index (χ1n) is 11.5. The highest BCUT2D eigenvalue weighted by Gasteiger charge is 2.27. The Morgan fingerprint density at radius 1 is 1.00 bits per heavy atom. The molecule has 5 nitrogen and oxygen atoms in total. The van der Waals surface area contributed by atoms with Gasteiger partial charge in [0.25, 0.3) is 5.91 Å². The number of carbonyl (C=O) groups excluding carboxylic acids is 2. The Morgan fingerprint density at radius 2 is 1.79 bits per heavy atom. The van der Waals surface area contributed by atoms with Crippen LogP contribution < -0.4 is 10.1 Å². The van der Waals surface area contributed by atoms with Crippen LogP contribution in [0.15, 0.2) is 24.3 Å². The molecule has 1 aliphatic heterocycles. The quantitative estimate of drug-likeness (QED) is 0.750. The minimum atomic E-state index is -0.0184. The molecule has 0 unspecified atom stereocenters. The second-order valence-electron chi connectivity index (χ2n) is 9.14. The Balaban J connectivity index is 1.25. The fourth-order valence-corrected chi connectivity index (χ4v) is 4.63. The van der Waals surface area contributed by atoms with Crippen LogP contribution in [0.3, 0.4) is 0 Å². The van der Waals surface area contributed by atoms with Crippen LogP contribution in [0.5, 0.6) is 5.75 Å². The zero-order valence-corrected chi connectivity index (χ0v) is 17.4. The molecular weight excluding hydrogens is 364 g/mol. The van der Waals surface area contributed by atoms with Crippen molar-refractivity contribution in [3.8, 4) is 5.75 Å². The second-order valence-corrected chi connectivity index (χ2v) is 9.14. The minimum Gasteiger partial charge on any atom is -0.493 e. The van der Waals surface area contributed by atoms with E-state index in [0.717, 1.165) is 50.9 Å². The predicted octanol–water partition coefficient (Wildman–Crippen LogP) is 4.17. The summed E-state index contributed by atoms with van der Waals surface area (Å²) in [7, 11) is 0. The number of likely N-dealkylation sites (tertiary alicyclic amines) is 1. The smallest absolute Gasteiger partial charge is 0.251 e. The van der Waals surface area contributed by atoms with Gasteiger partial charge in [0.15, 0.2) is 0 Å². The van der Waals surface area contributed by atoms with E-state index in [0.29, 0.717) is 36.0 Å². The number of hydrogen-bond donors (Lipinski definition) is 1. The van der Waals surface area contributed by atoms with Gasteiger partial charge in [-0.1, -0.05) is 25.3 Å². The molecule has 1 N–H and O–H groups in total. The van der Waals surface area contributed by atoms with Crippen molar-refractivity contribution >= 4 is 11.8 Å². The summed E-state index contributed by atoms with van der Waals surface area (Å²) in [5.41, 5.74) is 0.655. The lowest BCUT2D eigenvalue weighted by Gasteiger charge is -2.34. The number of nitrogens with one attached hydrogen (secondary N) is 1. The van der Waals surface area contributed by atoms with Crippen LogP contribution in [0, 0.1) is 11.8 Å². The molecule has 2 amide bonds. The summed E-state index contributed by atoms with van der Waals surface area (Å²) in [6.07, 6.45) is 11.4. The first kappa shape index (κ1) is 20.2. The molecule has 1 aromatic rings. The largest absolute Gasteiger partial charge is 0.493 e. The molecule has 0 bridgehead atoms. The van der Waals surface area contributed by atoms with Crippen molar-refractivity contribution in [3.63, 3.8) is 0 Å². The number of rotatable bonds is 7. The summed E-state index contributed by atoms with van der Waals surface area (Å²) in [6, 6.07) is 7.79. The van der Waals surface area contributed by atoms with E-state index < -0.39 is 0 Å². The third-order valence-electron chi connectivity index (χ3n) is 6.55. The highest BCUT2D eigenvalue weighted by molar-refractivity contribution is 5.94. The molecule has 158 valence electrons. The van der Waals surface area contributed by atoms with Gasteiger partial charge >= 0.3 is 0 Å². The van der Waals surface area contributed by atoms with Crippen LogP contribution in [0.25, 0.3) is 0 Å². The standard InChI is InChI=1S/C24H34N2O3/c27-23(14-18-6-2-1-3-7-18)26-13-5-8-19(16-26)17-29-22-10-4-9-20(15-22)24(28)25-21-11-12-21/h4,9-10,15,18-19,21H,1-3,5-8,11-14,16-17H2,(H,25,28)/t19-/m1/s1. The van der Waals surface area contributed by atoms with Gasteiger partial charge in [0.2, 0.25) is 5.91 Å². The zero-order chi connectivity index (χ0) is 20.1. The predicted molar refractivity (Wildman–Crippen MR) is 113 cm³/mol. The Labute approximate surface area is 174 Å². The molecule has 3 aliphatic rings. The van der Waals surface area contributed by atoms with Gasteiger partial charge in [-0.2, -0.15) is 0 Å². The zero-order valence-electron chi connectivity index (χ0n) is 17.4. The molecule has 1 atom stereocenters. The topological polar surface area (TPSA) is 58.6 Å². The Bertz CT molecular complexity index is 710. The van der Waals surface area contributed by atoms with Crippen LogP contribution >= 0.6 is 0 Å². The Hall–Kier alpha value is -2.04. The average Bonchev–Trinajstić information content (AvgIpc) is 3.57. The summed E-state index contributed by atoms with van der Waals surface area (Å²) < 4.78 is 6.02. The second kappa shape index (κ2) is 9.64. The summed E-state index contributed by atoms with van der Waals surface area (Å²) in [6.45, 7) is 2.28. The van der Waals surface area contributed by atoms with E-state index in [1.807, 2.05) is 24.3 Å². The average molecular weight is 399 g/mol. The summed E-state index contributed by atoms with van der Waals surface area (Å²) in [5, 5.41) is 3.02. The van der Waals surface area contributed by atoms with E-state index in [-0.39, 0.29) is 5.91 Å². The fourth-order valence-electron chi connectivity index (χ4n) is 4.63. The molecule has 1 aromatic carbocycles. The van der Waals surface area contributed by atoms with E-state index in [4.69, 9.17) is 4.74 Å². The highest BCUT2D eigenvalue weighted by Crippen LogP contribution is 2.28. The molecule has 29 heavy (non-hydrogen) atoms. The van der Waals surface area contributed by atoms with Gasteiger partial charge in [0, 0.05) is 37.0 Å². The maximum absolute atomic E-state index is 12.7. The molecule has 0 aromatic heterocycles. The molecule has 0 spiro atoms. The van der Waals surface area contributed by atoms with Crippen LogP contribution in [0.2, 0.25) is 0 Å². The third-order valence-corrected chi connectivity index (χ3v) is 6.55. The number of hydrogen-bond acceptors (Lipinski definition) is 3. The molecule has 1 heterocycles. The van der Waals surface area contributed by atoms with Gasteiger partial charge in [0.1, 0.15) is 5.75 Å². The monoisotopic (exact) mass is 398 g/mol. The van der Waals surface area contributed by atoms with Gasteiger partial charge < -0.3 is 15.0 Å². The Morgan fingerprint density at radius 3 is 2.59 bits per heavy atom. The molecule has 4 rings (SSSR count). The molecule has 1 saturated heterocycles. The molecule has 0 radical (unpaired) electrons. The van der Waals surface area contributed by atoms with Crippen molar-refractivity contribution in [2.45, 2.75) is 70.3 Å². The maximum Gasteiger partial charge on any atom is 0.251 e. The van der Waals surface area contributed by atoms with Crippen molar-refractivity contribution in [1.82, 2.24) is 10.2 Å². The third kappa shape index (κ3) is 5.97. The van der Waals surface area contributed by atoms with Crippen LogP contribution in [-0.2, 0) is 4.79 Å². The number of ether oxygens (including phenoxy) is 1. The number of carbonyl (C=O) groups is 2. The molecule has 2 aliphatic carbocycles. The lowest BCUT2D eigenvalue weighted by atomic mass is 9.86. The van der Waals surface area contributed by atoms with Crippen molar-refractivity contribution in [1.29, 1.82) is 0 Å². The molecule has 3 fully saturated rings. The first-order valence-corrected chi connectivity index (χ1v) is 11.5. The summed E-state index contributed by atoms with van der Waals surface area (Å²) in [5.74, 6) is 2.01. The first-order chi connectivity index (χ1) is 14.2. The molecule has 2 saturated carbocycles. The summed E-state index contributed by atoms with van der Waals surface area (Å²) in [4.78, 5) is 27.0. The van der Waals surface area contributed by atoms with Crippen LogP contribution in [0.4, 0.5) is 0 Å². The lowest BCUT2D eigenvalue weighted by molar-refractivity contribution is -0.134. The van der Waals surface area contributed by atoms with Gasteiger partial charge in [-0.3, -0.25) is 9.59 Å². The molecular formula is C24H34N2O3. The maximum atomic E-state index is 12.7. The summed E-state index contributed by atoms with van der Waals surface area (Å²) >= 11 is 0. The number of nitrogens with zero attached hydrogens (tertiary/aromatic N) is 1. The van der Waals surface area contributed by atoms with Gasteiger partial charge in [-0.05, 0) is 62.6 Å². The number of piperidine rings is 1. The highest BCUT2D eigenvalue weighted by atomic mass is 16.5. The Kier molecular flexibility index (Phi) is 6.73. The normalized spacial score (nSPS) is 22.9. The van der Waals surface area contributed by atoms with E-state index in [1.165, 1.54) is 32.1 Å². The van der Waals surface area contributed by atoms with Crippen molar-refractivity contribution in [2.75, 3.05) is 19.7 Å². The minimum absolute atomic E-state index is 0.0184. The van der Waals surface area contributed by atoms with Crippen LogP contribution in [-0.4, -0.2) is 42.5 Å². The van der Waals surface area contributed by atoms with E-state index in [2.05, 4.69) is 10.2 Å². The van der Waals surface area contributed by atoms with E-state index in [1.54, 1.807) is 0 Å².